The standard InChI is InChI=1S/C33H33FN3O5.Co/c1-33(2,3)32(39)41-21-40-31(38)25-15-17-37(18-16-25)20-22-9-11-24(12-10-22)29-35-30(42-36-29)26-13-14-27(28(34)19-26)23-7-5-4-6-8-23;/h4-14,19H,15-18,20-21H2,1-3H3;/q-1;. The van der Waals surface area contributed by atoms with Crippen LogP contribution in [0.2, 0.25) is 0 Å². The average Bonchev–Trinajstić information content (AvgIpc) is 3.48. The van der Waals surface area contributed by atoms with Crippen LogP contribution in [0.25, 0.3) is 34.0 Å². The van der Waals surface area contributed by atoms with Gasteiger partial charge in [0, 0.05) is 40.0 Å². The third-order valence-electron chi connectivity index (χ3n) is 7.09. The Morgan fingerprint density at radius 2 is 1.60 bits per heavy atom. The van der Waals surface area contributed by atoms with Crippen molar-refractivity contribution in [2.75, 3.05) is 19.9 Å². The maximum absolute atomic E-state index is 14.8. The normalized spacial score (nSPS) is 13.7. The van der Waals surface area contributed by atoms with Crippen LogP contribution in [0.5, 0.6) is 0 Å². The minimum absolute atomic E-state index is 0. The number of esters is 2. The summed E-state index contributed by atoms with van der Waals surface area (Å²) in [5.41, 5.74) is 3.08. The number of aromatic nitrogens is 2. The SMILES string of the molecule is CC(C)(C)C(=O)OCOC(=O)[C-]1CCN(Cc2ccc(-c3noc(-c4ccc(-c5ccccc5)c(F)c4)n3)cc2)CC1.[Co]. The Morgan fingerprint density at radius 3 is 2.26 bits per heavy atom. The number of rotatable bonds is 8. The number of hydrogen-bond acceptors (Lipinski definition) is 8. The molecule has 0 atom stereocenters. The molecule has 1 aliphatic heterocycles. The monoisotopic (exact) mass is 629 g/mol. The molecule has 1 aliphatic rings. The van der Waals surface area contributed by atoms with Gasteiger partial charge in [0.25, 0.3) is 5.89 Å². The van der Waals surface area contributed by atoms with Crippen LogP contribution in [-0.4, -0.2) is 46.9 Å². The molecule has 2 heterocycles. The molecule has 8 nitrogen and oxygen atoms in total. The van der Waals surface area contributed by atoms with Crippen molar-refractivity contribution in [1.29, 1.82) is 0 Å². The summed E-state index contributed by atoms with van der Waals surface area (Å²) in [7, 11) is 0. The van der Waals surface area contributed by atoms with Gasteiger partial charge in [0.15, 0.2) is 5.97 Å². The first-order valence-corrected chi connectivity index (χ1v) is 13.9. The van der Waals surface area contributed by atoms with Gasteiger partial charge in [-0.2, -0.15) is 4.98 Å². The van der Waals surface area contributed by atoms with Gasteiger partial charge in [0.2, 0.25) is 12.6 Å². The van der Waals surface area contributed by atoms with E-state index in [0.29, 0.717) is 35.7 Å². The van der Waals surface area contributed by atoms with Crippen molar-refractivity contribution in [3.63, 3.8) is 0 Å². The fourth-order valence-electron chi connectivity index (χ4n) is 4.62. The van der Waals surface area contributed by atoms with Crippen molar-refractivity contribution in [3.8, 4) is 34.0 Å². The number of hydrogen-bond donors (Lipinski definition) is 0. The zero-order valence-corrected chi connectivity index (χ0v) is 25.3. The van der Waals surface area contributed by atoms with Crippen LogP contribution in [0.4, 0.5) is 4.39 Å². The van der Waals surface area contributed by atoms with Gasteiger partial charge in [-0.25, -0.2) is 4.39 Å². The number of carbonyl (C=O) groups is 2. The Morgan fingerprint density at radius 1 is 0.930 bits per heavy atom. The molecule has 5 rings (SSSR count). The summed E-state index contributed by atoms with van der Waals surface area (Å²) in [4.78, 5) is 30.9. The Hall–Kier alpha value is -3.99. The Kier molecular flexibility index (Phi) is 10.4. The van der Waals surface area contributed by atoms with E-state index >= 15 is 0 Å². The van der Waals surface area contributed by atoms with Crippen LogP contribution in [0, 0.1) is 17.2 Å². The molecule has 10 heteroatoms. The van der Waals surface area contributed by atoms with Gasteiger partial charge >= 0.3 is 5.97 Å². The number of halogens is 1. The van der Waals surface area contributed by atoms with E-state index in [9.17, 15) is 14.0 Å². The number of ether oxygens (including phenoxy) is 2. The molecule has 1 fully saturated rings. The van der Waals surface area contributed by atoms with Crippen molar-refractivity contribution in [3.05, 3.63) is 90.1 Å². The number of benzene rings is 3. The predicted octanol–water partition coefficient (Wildman–Crippen LogP) is 6.47. The Balaban J connectivity index is 0.00000423. The maximum atomic E-state index is 14.8. The molecule has 0 spiro atoms. The third-order valence-corrected chi connectivity index (χ3v) is 7.09. The van der Waals surface area contributed by atoms with Gasteiger partial charge in [-0.3, -0.25) is 15.5 Å². The molecule has 1 aromatic heterocycles. The van der Waals surface area contributed by atoms with E-state index in [4.69, 9.17) is 14.0 Å². The summed E-state index contributed by atoms with van der Waals surface area (Å²) in [5.74, 6) is 0.201. The van der Waals surface area contributed by atoms with E-state index in [1.54, 1.807) is 32.9 Å². The molecule has 0 N–H and O–H groups in total. The average molecular weight is 630 g/mol. The molecule has 43 heavy (non-hydrogen) atoms. The first-order chi connectivity index (χ1) is 20.2. The Bertz CT molecular complexity index is 1530. The van der Waals surface area contributed by atoms with Crippen LogP contribution in [0.3, 0.4) is 0 Å². The van der Waals surface area contributed by atoms with E-state index in [2.05, 4.69) is 15.0 Å². The number of carbonyl (C=O) groups excluding carboxylic acids is 2. The van der Waals surface area contributed by atoms with Crippen molar-refractivity contribution in [2.45, 2.75) is 40.2 Å². The van der Waals surface area contributed by atoms with Gasteiger partial charge in [-0.15, -0.1) is 12.8 Å². The number of piperidine rings is 1. The van der Waals surface area contributed by atoms with Crippen molar-refractivity contribution in [1.82, 2.24) is 15.0 Å². The van der Waals surface area contributed by atoms with Crippen molar-refractivity contribution in [2.24, 2.45) is 5.41 Å². The molecular formula is C33H33CoFN3O5-. The van der Waals surface area contributed by atoms with Crippen molar-refractivity contribution >= 4 is 11.9 Å². The van der Waals surface area contributed by atoms with Gasteiger partial charge in [0.1, 0.15) is 5.82 Å². The van der Waals surface area contributed by atoms with E-state index in [-0.39, 0.29) is 35.3 Å². The van der Waals surface area contributed by atoms with E-state index in [0.717, 1.165) is 36.3 Å². The third kappa shape index (κ3) is 8.10. The zero-order chi connectivity index (χ0) is 29.7. The largest absolute Gasteiger partial charge is 0.452 e. The van der Waals surface area contributed by atoms with Crippen LogP contribution in [0.15, 0.2) is 77.3 Å². The van der Waals surface area contributed by atoms with Crippen LogP contribution in [0.1, 0.15) is 39.2 Å². The second-order valence-corrected chi connectivity index (χ2v) is 11.3. The van der Waals surface area contributed by atoms with Gasteiger partial charge in [0.05, 0.1) is 5.41 Å². The summed E-state index contributed by atoms with van der Waals surface area (Å²) < 4.78 is 30.4. The molecule has 0 saturated carbocycles. The minimum Gasteiger partial charge on any atom is -0.452 e. The van der Waals surface area contributed by atoms with Crippen LogP contribution < -0.4 is 0 Å². The van der Waals surface area contributed by atoms with E-state index in [1.807, 2.05) is 54.6 Å². The first kappa shape index (κ1) is 31.9. The summed E-state index contributed by atoms with van der Waals surface area (Å²) in [6.07, 6.45) is 1.20. The van der Waals surface area contributed by atoms with Crippen LogP contribution >= 0.6 is 0 Å². The minimum atomic E-state index is -0.645. The molecule has 0 unspecified atom stereocenters. The maximum Gasteiger partial charge on any atom is 0.314 e. The summed E-state index contributed by atoms with van der Waals surface area (Å²) in [6, 6.07) is 22.1. The van der Waals surface area contributed by atoms with E-state index < -0.39 is 17.4 Å². The molecule has 0 aliphatic carbocycles. The molecule has 0 amide bonds. The summed E-state index contributed by atoms with van der Waals surface area (Å²) in [6.45, 7) is 7.04. The number of likely N-dealkylation sites (tertiary alicyclic amines) is 1. The molecule has 1 saturated heterocycles. The van der Waals surface area contributed by atoms with Gasteiger partial charge in [-0.05, 0) is 57.1 Å². The molecular weight excluding hydrogens is 596 g/mol. The number of nitrogens with zero attached hydrogens (tertiary/aromatic N) is 3. The Labute approximate surface area is 260 Å². The topological polar surface area (TPSA) is 94.8 Å². The fraction of sp³-hybridized carbons (Fsp3) is 0.303. The molecule has 1 radical (unpaired) electrons. The zero-order valence-electron chi connectivity index (χ0n) is 24.3. The summed E-state index contributed by atoms with van der Waals surface area (Å²) >= 11 is 0. The van der Waals surface area contributed by atoms with Crippen molar-refractivity contribution < 1.29 is 44.8 Å². The smallest absolute Gasteiger partial charge is 0.314 e. The van der Waals surface area contributed by atoms with Crippen LogP contribution in [-0.2, 0) is 42.4 Å². The quantitative estimate of drug-likeness (QED) is 0.124. The second kappa shape index (κ2) is 14.0. The summed E-state index contributed by atoms with van der Waals surface area (Å²) in [5, 5.41) is 4.09. The second-order valence-electron chi connectivity index (χ2n) is 11.3. The molecule has 4 aromatic rings. The molecule has 227 valence electrons. The van der Waals surface area contributed by atoms with E-state index in [1.165, 1.54) is 6.07 Å². The molecule has 3 aromatic carbocycles. The van der Waals surface area contributed by atoms with Gasteiger partial charge < -0.3 is 18.9 Å². The first-order valence-electron chi connectivity index (χ1n) is 13.9. The van der Waals surface area contributed by atoms with Gasteiger partial charge in [-0.1, -0.05) is 65.8 Å². The fourth-order valence-corrected chi connectivity index (χ4v) is 4.62. The molecule has 0 bridgehead atoms. The predicted molar refractivity (Wildman–Crippen MR) is 155 cm³/mol.